The number of nitrogens with two attached hydrogens (primary N) is 1. The second kappa shape index (κ2) is 5.48. The summed E-state index contributed by atoms with van der Waals surface area (Å²) in [6.07, 6.45) is 1.11. The summed E-state index contributed by atoms with van der Waals surface area (Å²) in [6, 6.07) is 5.74. The zero-order valence-electron chi connectivity index (χ0n) is 11.4. The van der Waals surface area contributed by atoms with Gasteiger partial charge in [0.1, 0.15) is 0 Å². The van der Waals surface area contributed by atoms with Gasteiger partial charge in [-0.2, -0.15) is 0 Å². The molecule has 19 heavy (non-hydrogen) atoms. The van der Waals surface area contributed by atoms with E-state index >= 15 is 0 Å². The van der Waals surface area contributed by atoms with Crippen LogP contribution in [0, 0.1) is 0 Å². The van der Waals surface area contributed by atoms with Gasteiger partial charge >= 0.3 is 0 Å². The van der Waals surface area contributed by atoms with Gasteiger partial charge in [0.05, 0.1) is 0 Å². The van der Waals surface area contributed by atoms with E-state index in [-0.39, 0.29) is 18.2 Å². The Labute approximate surface area is 113 Å². The van der Waals surface area contributed by atoms with Gasteiger partial charge in [-0.05, 0) is 38.0 Å². The highest BCUT2D eigenvalue weighted by Gasteiger charge is 2.14. The summed E-state index contributed by atoms with van der Waals surface area (Å²) in [6.45, 7) is 4.51. The summed E-state index contributed by atoms with van der Waals surface area (Å²) in [7, 11) is 0. The molecule has 0 saturated heterocycles. The van der Waals surface area contributed by atoms with Gasteiger partial charge in [-0.25, -0.2) is 0 Å². The van der Waals surface area contributed by atoms with Crippen molar-refractivity contribution in [1.29, 1.82) is 0 Å². The average molecular weight is 264 g/mol. The fourth-order valence-electron chi connectivity index (χ4n) is 1.77. The summed E-state index contributed by atoms with van der Waals surface area (Å²) in [5, 5.41) is 2.83. The smallest absolute Gasteiger partial charge is 0.231 e. The largest absolute Gasteiger partial charge is 0.454 e. The molecule has 0 aromatic heterocycles. The van der Waals surface area contributed by atoms with Crippen molar-refractivity contribution in [1.82, 2.24) is 5.32 Å². The van der Waals surface area contributed by atoms with Crippen LogP contribution in [0.15, 0.2) is 18.2 Å². The molecule has 0 saturated carbocycles. The van der Waals surface area contributed by atoms with E-state index in [9.17, 15) is 4.79 Å². The fraction of sp³-hybridized carbons (Fsp3) is 0.500. The van der Waals surface area contributed by atoms with Crippen LogP contribution in [0.4, 0.5) is 0 Å². The third-order valence-corrected chi connectivity index (χ3v) is 2.82. The van der Waals surface area contributed by atoms with Crippen molar-refractivity contribution in [3.8, 4) is 11.5 Å². The standard InChI is InChI=1S/C14H20N2O3/c1-14(2,15)8-16-13(17)6-4-10-3-5-11-12(7-10)19-9-18-11/h3,5,7H,4,6,8-9,15H2,1-2H3,(H,16,17). The Kier molecular flexibility index (Phi) is 3.95. The molecule has 1 aliphatic heterocycles. The molecule has 5 heteroatoms. The van der Waals surface area contributed by atoms with Crippen molar-refractivity contribution < 1.29 is 14.3 Å². The van der Waals surface area contributed by atoms with Crippen molar-refractivity contribution in [3.63, 3.8) is 0 Å². The third kappa shape index (κ3) is 4.13. The molecule has 0 radical (unpaired) electrons. The monoisotopic (exact) mass is 264 g/mol. The molecular weight excluding hydrogens is 244 g/mol. The van der Waals surface area contributed by atoms with Crippen LogP contribution in [-0.2, 0) is 11.2 Å². The van der Waals surface area contributed by atoms with E-state index in [1.54, 1.807) is 0 Å². The van der Waals surface area contributed by atoms with Crippen molar-refractivity contribution in [2.24, 2.45) is 5.73 Å². The van der Waals surface area contributed by atoms with E-state index in [1.165, 1.54) is 0 Å². The maximum absolute atomic E-state index is 11.7. The summed E-state index contributed by atoms with van der Waals surface area (Å²) >= 11 is 0. The number of hydrogen-bond acceptors (Lipinski definition) is 4. The van der Waals surface area contributed by atoms with Crippen LogP contribution in [0.1, 0.15) is 25.8 Å². The van der Waals surface area contributed by atoms with Crippen LogP contribution in [0.3, 0.4) is 0 Å². The van der Waals surface area contributed by atoms with Crippen LogP contribution in [0.5, 0.6) is 11.5 Å². The number of nitrogens with one attached hydrogen (secondary N) is 1. The topological polar surface area (TPSA) is 73.6 Å². The predicted molar refractivity (Wildman–Crippen MR) is 72.2 cm³/mol. The van der Waals surface area contributed by atoms with Crippen molar-refractivity contribution in [2.45, 2.75) is 32.2 Å². The Morgan fingerprint density at radius 3 is 2.84 bits per heavy atom. The quantitative estimate of drug-likeness (QED) is 0.838. The van der Waals surface area contributed by atoms with E-state index in [0.717, 1.165) is 17.1 Å². The molecule has 1 aromatic rings. The van der Waals surface area contributed by atoms with Gasteiger partial charge < -0.3 is 20.5 Å². The number of benzene rings is 1. The lowest BCUT2D eigenvalue weighted by molar-refractivity contribution is -0.121. The molecule has 5 nitrogen and oxygen atoms in total. The SMILES string of the molecule is CC(C)(N)CNC(=O)CCc1ccc2c(c1)OCO2. The van der Waals surface area contributed by atoms with Gasteiger partial charge in [0, 0.05) is 18.5 Å². The molecule has 0 fully saturated rings. The molecule has 2 rings (SSSR count). The highest BCUT2D eigenvalue weighted by molar-refractivity contribution is 5.76. The highest BCUT2D eigenvalue weighted by Crippen LogP contribution is 2.32. The molecule has 104 valence electrons. The Morgan fingerprint density at radius 1 is 1.37 bits per heavy atom. The van der Waals surface area contributed by atoms with Gasteiger partial charge in [0.25, 0.3) is 0 Å². The molecule has 0 atom stereocenters. The van der Waals surface area contributed by atoms with E-state index in [1.807, 2.05) is 32.0 Å². The van der Waals surface area contributed by atoms with E-state index in [0.29, 0.717) is 19.4 Å². The zero-order valence-corrected chi connectivity index (χ0v) is 11.4. The lowest BCUT2D eigenvalue weighted by Gasteiger charge is -2.18. The summed E-state index contributed by atoms with van der Waals surface area (Å²) in [5.41, 5.74) is 6.49. The van der Waals surface area contributed by atoms with Crippen molar-refractivity contribution >= 4 is 5.91 Å². The molecule has 1 aliphatic rings. The normalized spacial score (nSPS) is 13.4. The maximum atomic E-state index is 11.7. The Balaban J connectivity index is 1.81. The predicted octanol–water partition coefficient (Wildman–Crippen LogP) is 1.20. The van der Waals surface area contributed by atoms with E-state index in [4.69, 9.17) is 15.2 Å². The maximum Gasteiger partial charge on any atom is 0.231 e. The van der Waals surface area contributed by atoms with Crippen LogP contribution in [0.25, 0.3) is 0 Å². The van der Waals surface area contributed by atoms with E-state index in [2.05, 4.69) is 5.32 Å². The van der Waals surface area contributed by atoms with Gasteiger partial charge in [0.2, 0.25) is 12.7 Å². The minimum Gasteiger partial charge on any atom is -0.454 e. The number of rotatable bonds is 5. The number of carbonyl (C=O) groups excluding carboxylic acids is 1. The van der Waals surface area contributed by atoms with Crippen LogP contribution >= 0.6 is 0 Å². The number of amides is 1. The first-order chi connectivity index (χ1) is 8.94. The first kappa shape index (κ1) is 13.7. The van der Waals surface area contributed by atoms with Crippen LogP contribution in [-0.4, -0.2) is 24.8 Å². The Bertz CT molecular complexity index is 466. The minimum absolute atomic E-state index is 0.0104. The second-order valence-electron chi connectivity index (χ2n) is 5.45. The summed E-state index contributed by atoms with van der Waals surface area (Å²) in [4.78, 5) is 11.7. The zero-order chi connectivity index (χ0) is 13.9. The molecule has 1 heterocycles. The van der Waals surface area contributed by atoms with E-state index < -0.39 is 0 Å². The molecule has 3 N–H and O–H groups in total. The Morgan fingerprint density at radius 2 is 2.11 bits per heavy atom. The fourth-order valence-corrected chi connectivity index (χ4v) is 1.77. The molecule has 0 aliphatic carbocycles. The second-order valence-corrected chi connectivity index (χ2v) is 5.45. The lowest BCUT2D eigenvalue weighted by atomic mass is 10.1. The first-order valence-electron chi connectivity index (χ1n) is 6.38. The van der Waals surface area contributed by atoms with Gasteiger partial charge in [0.15, 0.2) is 11.5 Å². The van der Waals surface area contributed by atoms with Crippen molar-refractivity contribution in [2.75, 3.05) is 13.3 Å². The molecular formula is C14H20N2O3. The van der Waals surface area contributed by atoms with Gasteiger partial charge in [-0.3, -0.25) is 4.79 Å². The molecule has 0 spiro atoms. The molecule has 0 bridgehead atoms. The third-order valence-electron chi connectivity index (χ3n) is 2.82. The van der Waals surface area contributed by atoms with Crippen molar-refractivity contribution in [3.05, 3.63) is 23.8 Å². The number of ether oxygens (including phenoxy) is 2. The molecule has 1 amide bonds. The Hall–Kier alpha value is -1.75. The highest BCUT2D eigenvalue weighted by atomic mass is 16.7. The van der Waals surface area contributed by atoms with Crippen LogP contribution in [0.2, 0.25) is 0 Å². The minimum atomic E-state index is -0.381. The van der Waals surface area contributed by atoms with Crippen LogP contribution < -0.4 is 20.5 Å². The number of hydrogen-bond donors (Lipinski definition) is 2. The molecule has 1 aromatic carbocycles. The summed E-state index contributed by atoms with van der Waals surface area (Å²) < 4.78 is 10.5. The average Bonchev–Trinajstić information content (AvgIpc) is 2.80. The summed E-state index contributed by atoms with van der Waals surface area (Å²) in [5.74, 6) is 1.52. The number of fused-ring (bicyclic) bond motifs is 1. The first-order valence-corrected chi connectivity index (χ1v) is 6.38. The number of aryl methyl sites for hydroxylation is 1. The van der Waals surface area contributed by atoms with Gasteiger partial charge in [-0.15, -0.1) is 0 Å². The number of carbonyl (C=O) groups is 1. The molecule has 0 unspecified atom stereocenters. The van der Waals surface area contributed by atoms with Gasteiger partial charge in [-0.1, -0.05) is 6.07 Å². The lowest BCUT2D eigenvalue weighted by Crippen LogP contribution is -2.45.